The highest BCUT2D eigenvalue weighted by Gasteiger charge is 2.36. The normalized spacial score (nSPS) is 12.9. The van der Waals surface area contributed by atoms with E-state index in [1.54, 1.807) is 0 Å². The van der Waals surface area contributed by atoms with Gasteiger partial charge in [-0.05, 0) is 18.2 Å². The molecule has 3 nitrogen and oxygen atoms in total. The summed E-state index contributed by atoms with van der Waals surface area (Å²) in [6.07, 6.45) is -4.70. The first-order valence-corrected chi connectivity index (χ1v) is 7.03. The first-order chi connectivity index (χ1) is 8.66. The predicted molar refractivity (Wildman–Crippen MR) is 61.9 cm³/mol. The lowest BCUT2D eigenvalue weighted by molar-refractivity contribution is -0.135. The maximum absolute atomic E-state index is 13.0. The topological polar surface area (TPSA) is 37.4 Å². The van der Waals surface area contributed by atoms with Crippen LogP contribution in [0.15, 0.2) is 29.2 Å². The number of sulfonamides is 1. The molecule has 0 aromatic heterocycles. The van der Waals surface area contributed by atoms with Crippen molar-refractivity contribution in [2.24, 2.45) is 0 Å². The molecule has 108 valence electrons. The third-order valence-electron chi connectivity index (χ3n) is 2.12. The second-order valence-corrected chi connectivity index (χ2v) is 5.92. The van der Waals surface area contributed by atoms with Crippen molar-refractivity contribution >= 4 is 21.6 Å². The molecule has 0 fully saturated rings. The summed E-state index contributed by atoms with van der Waals surface area (Å²) in [5, 5.41) is 0. The zero-order valence-electron chi connectivity index (χ0n) is 9.49. The van der Waals surface area contributed by atoms with E-state index in [4.69, 9.17) is 11.6 Å². The third kappa shape index (κ3) is 4.63. The third-order valence-corrected chi connectivity index (χ3v) is 4.13. The summed E-state index contributed by atoms with van der Waals surface area (Å²) in [4.78, 5) is -0.540. The molecule has 0 heterocycles. The van der Waals surface area contributed by atoms with Crippen molar-refractivity contribution in [1.82, 2.24) is 4.31 Å². The molecule has 0 aliphatic carbocycles. The Labute approximate surface area is 112 Å². The smallest absolute Gasteiger partial charge is 0.207 e. The molecule has 0 saturated carbocycles. The van der Waals surface area contributed by atoms with Crippen LogP contribution in [-0.4, -0.2) is 37.9 Å². The first kappa shape index (κ1) is 16.2. The molecule has 9 heteroatoms. The van der Waals surface area contributed by atoms with Gasteiger partial charge in [-0.15, -0.1) is 11.6 Å². The van der Waals surface area contributed by atoms with E-state index >= 15 is 0 Å². The minimum Gasteiger partial charge on any atom is -0.207 e. The van der Waals surface area contributed by atoms with Crippen LogP contribution in [0, 0.1) is 5.82 Å². The van der Waals surface area contributed by atoms with Crippen LogP contribution in [0.2, 0.25) is 0 Å². The number of benzene rings is 1. The number of halogens is 5. The van der Waals surface area contributed by atoms with Crippen LogP contribution in [0.1, 0.15) is 0 Å². The lowest BCUT2D eigenvalue weighted by Crippen LogP contribution is -2.40. The summed E-state index contributed by atoms with van der Waals surface area (Å²) < 4.78 is 74.0. The summed E-state index contributed by atoms with van der Waals surface area (Å²) in [6.45, 7) is -2.18. The molecule has 0 radical (unpaired) electrons. The Balaban J connectivity index is 3.13. The Morgan fingerprint density at radius 3 is 2.37 bits per heavy atom. The Kier molecular flexibility index (Phi) is 5.17. The number of hydrogen-bond acceptors (Lipinski definition) is 2. The van der Waals surface area contributed by atoms with Crippen LogP contribution < -0.4 is 0 Å². The zero-order chi connectivity index (χ0) is 14.7. The summed E-state index contributed by atoms with van der Waals surface area (Å²) in [5.74, 6) is -1.15. The molecule has 0 saturated heterocycles. The van der Waals surface area contributed by atoms with E-state index in [1.165, 1.54) is 0 Å². The van der Waals surface area contributed by atoms with Gasteiger partial charge < -0.3 is 0 Å². The first-order valence-electron chi connectivity index (χ1n) is 5.05. The maximum Gasteiger partial charge on any atom is 0.402 e. The number of hydrogen-bond donors (Lipinski definition) is 0. The summed E-state index contributed by atoms with van der Waals surface area (Å²) in [5.41, 5.74) is 0. The van der Waals surface area contributed by atoms with Crippen LogP contribution >= 0.6 is 11.6 Å². The summed E-state index contributed by atoms with van der Waals surface area (Å²) in [7, 11) is -4.43. The molecule has 0 atom stereocenters. The van der Waals surface area contributed by atoms with Gasteiger partial charge in [-0.2, -0.15) is 17.5 Å². The van der Waals surface area contributed by atoms with Crippen molar-refractivity contribution in [3.8, 4) is 0 Å². The standard InChI is InChI=1S/C10H10ClF4NO2S/c11-4-5-16(7-10(13,14)15)19(17,18)9-3-1-2-8(12)6-9/h1-3,6H,4-5,7H2. The minimum atomic E-state index is -4.70. The largest absolute Gasteiger partial charge is 0.402 e. The van der Waals surface area contributed by atoms with E-state index in [9.17, 15) is 26.0 Å². The molecule has 0 aliphatic heterocycles. The maximum atomic E-state index is 13.0. The Hall–Kier alpha value is -0.860. The lowest BCUT2D eigenvalue weighted by atomic mass is 10.4. The van der Waals surface area contributed by atoms with Gasteiger partial charge in [-0.1, -0.05) is 6.07 Å². The fraction of sp³-hybridized carbons (Fsp3) is 0.400. The second-order valence-electron chi connectivity index (χ2n) is 3.60. The van der Waals surface area contributed by atoms with E-state index in [2.05, 4.69) is 0 Å². The average Bonchev–Trinajstić information content (AvgIpc) is 2.26. The van der Waals surface area contributed by atoms with Gasteiger partial charge in [0.25, 0.3) is 0 Å². The fourth-order valence-corrected chi connectivity index (χ4v) is 3.12. The Bertz CT molecular complexity index is 533. The van der Waals surface area contributed by atoms with Crippen molar-refractivity contribution < 1.29 is 26.0 Å². The highest BCUT2D eigenvalue weighted by atomic mass is 35.5. The van der Waals surface area contributed by atoms with Gasteiger partial charge in [0.05, 0.1) is 4.90 Å². The van der Waals surface area contributed by atoms with Crippen molar-refractivity contribution in [2.75, 3.05) is 19.0 Å². The lowest BCUT2D eigenvalue weighted by Gasteiger charge is -2.22. The van der Waals surface area contributed by atoms with E-state index in [0.717, 1.165) is 18.2 Å². The highest BCUT2D eigenvalue weighted by molar-refractivity contribution is 7.89. The number of rotatable bonds is 5. The van der Waals surface area contributed by atoms with Gasteiger partial charge >= 0.3 is 6.18 Å². The van der Waals surface area contributed by atoms with Gasteiger partial charge in [-0.25, -0.2) is 12.8 Å². The number of nitrogens with zero attached hydrogens (tertiary/aromatic N) is 1. The van der Waals surface area contributed by atoms with Crippen LogP contribution in [0.25, 0.3) is 0 Å². The van der Waals surface area contributed by atoms with Gasteiger partial charge in [0, 0.05) is 12.4 Å². The molecule has 0 N–H and O–H groups in total. The monoisotopic (exact) mass is 319 g/mol. The van der Waals surface area contributed by atoms with Crippen LogP contribution in [0.4, 0.5) is 17.6 Å². The van der Waals surface area contributed by atoms with Crippen LogP contribution in [0.5, 0.6) is 0 Å². The van der Waals surface area contributed by atoms with Crippen molar-refractivity contribution in [2.45, 2.75) is 11.1 Å². The van der Waals surface area contributed by atoms with E-state index < -0.39 is 40.0 Å². The van der Waals surface area contributed by atoms with Gasteiger partial charge in [0.1, 0.15) is 12.4 Å². The molecule has 1 aromatic carbocycles. The van der Waals surface area contributed by atoms with E-state index in [0.29, 0.717) is 6.07 Å². The molecule has 0 aliphatic rings. The molecule has 0 unspecified atom stereocenters. The number of alkyl halides is 4. The summed E-state index contributed by atoms with van der Waals surface area (Å²) in [6, 6.07) is 3.78. The highest BCUT2D eigenvalue weighted by Crippen LogP contribution is 2.23. The Morgan fingerprint density at radius 1 is 1.26 bits per heavy atom. The molecular weight excluding hydrogens is 310 g/mol. The molecule has 0 amide bonds. The zero-order valence-corrected chi connectivity index (χ0v) is 11.1. The SMILES string of the molecule is O=S(=O)(c1cccc(F)c1)N(CCCl)CC(F)(F)F. The van der Waals surface area contributed by atoms with Crippen molar-refractivity contribution in [1.29, 1.82) is 0 Å². The van der Waals surface area contributed by atoms with Gasteiger partial charge in [-0.3, -0.25) is 0 Å². The van der Waals surface area contributed by atoms with E-state index in [-0.39, 0.29) is 10.2 Å². The minimum absolute atomic E-state index is 0.175. The summed E-state index contributed by atoms with van der Waals surface area (Å²) >= 11 is 5.30. The van der Waals surface area contributed by atoms with Crippen molar-refractivity contribution in [3.63, 3.8) is 0 Å². The van der Waals surface area contributed by atoms with Crippen LogP contribution in [-0.2, 0) is 10.0 Å². The molecule has 0 spiro atoms. The molecule has 1 aromatic rings. The Morgan fingerprint density at radius 2 is 1.89 bits per heavy atom. The fourth-order valence-electron chi connectivity index (χ4n) is 1.35. The van der Waals surface area contributed by atoms with E-state index in [1.807, 2.05) is 0 Å². The second kappa shape index (κ2) is 6.06. The van der Waals surface area contributed by atoms with Gasteiger partial charge in [0.2, 0.25) is 10.0 Å². The molecule has 19 heavy (non-hydrogen) atoms. The quantitative estimate of drug-likeness (QED) is 0.618. The average molecular weight is 320 g/mol. The molecule has 1 rings (SSSR count). The van der Waals surface area contributed by atoms with Gasteiger partial charge in [0.15, 0.2) is 0 Å². The predicted octanol–water partition coefficient (Wildman–Crippen LogP) is 2.62. The van der Waals surface area contributed by atoms with Crippen LogP contribution in [0.3, 0.4) is 0 Å². The van der Waals surface area contributed by atoms with Crippen molar-refractivity contribution in [3.05, 3.63) is 30.1 Å². The molecule has 0 bridgehead atoms. The molecular formula is C10H10ClF4NO2S.